The van der Waals surface area contributed by atoms with Crippen molar-refractivity contribution in [3.05, 3.63) is 66.1 Å². The summed E-state index contributed by atoms with van der Waals surface area (Å²) in [4.78, 5) is 17.2. The van der Waals surface area contributed by atoms with Crippen molar-refractivity contribution in [2.75, 3.05) is 33.4 Å². The van der Waals surface area contributed by atoms with Gasteiger partial charge in [-0.2, -0.15) is 9.40 Å². The van der Waals surface area contributed by atoms with Gasteiger partial charge in [0.1, 0.15) is 5.75 Å². The molecule has 3 aromatic rings. The zero-order valence-electron chi connectivity index (χ0n) is 17.5. The first-order valence-electron chi connectivity index (χ1n) is 9.98. The second-order valence-corrected chi connectivity index (χ2v) is 8.97. The number of sulfonamides is 1. The number of carbonyl (C=O) groups is 1. The second kappa shape index (κ2) is 9.47. The number of ether oxygens (including phenoxy) is 2. The van der Waals surface area contributed by atoms with E-state index in [1.54, 1.807) is 35.4 Å². The molecule has 0 bridgehead atoms. The largest absolute Gasteiger partial charge is 0.496 e. The van der Waals surface area contributed by atoms with E-state index in [-0.39, 0.29) is 35.8 Å². The van der Waals surface area contributed by atoms with Gasteiger partial charge in [0.2, 0.25) is 10.0 Å². The van der Waals surface area contributed by atoms with Crippen molar-refractivity contribution in [2.24, 2.45) is 0 Å². The Hall–Kier alpha value is -3.28. The summed E-state index contributed by atoms with van der Waals surface area (Å²) >= 11 is 0. The molecule has 2 aromatic heterocycles. The third-order valence-electron chi connectivity index (χ3n) is 5.02. The van der Waals surface area contributed by atoms with E-state index < -0.39 is 15.9 Å². The Labute approximate surface area is 185 Å². The Morgan fingerprint density at radius 3 is 2.69 bits per heavy atom. The third-order valence-corrected chi connectivity index (χ3v) is 6.92. The summed E-state index contributed by atoms with van der Waals surface area (Å²) in [7, 11) is -2.31. The van der Waals surface area contributed by atoms with Gasteiger partial charge < -0.3 is 14.8 Å². The van der Waals surface area contributed by atoms with E-state index >= 15 is 0 Å². The number of nitrogens with zero attached hydrogens (tertiary/aromatic N) is 4. The van der Waals surface area contributed by atoms with Crippen LogP contribution in [0.1, 0.15) is 15.9 Å². The number of carbonyl (C=O) groups excluding carboxylic acids is 1. The highest BCUT2D eigenvalue weighted by atomic mass is 32.2. The molecule has 1 N–H and O–H groups in total. The SMILES string of the molecule is COc1ccc(S(=O)(=O)N2CCOCC2)cc1C(=O)NCc1ccc(-n2cccn2)nc1. The number of morpholine rings is 1. The number of methoxy groups -OCH3 is 1. The van der Waals surface area contributed by atoms with Crippen LogP contribution in [0.2, 0.25) is 0 Å². The van der Waals surface area contributed by atoms with Gasteiger partial charge in [0.05, 0.1) is 30.8 Å². The van der Waals surface area contributed by atoms with Gasteiger partial charge in [-0.05, 0) is 35.9 Å². The molecule has 0 aliphatic carbocycles. The molecule has 0 unspecified atom stereocenters. The van der Waals surface area contributed by atoms with Crippen LogP contribution in [0.25, 0.3) is 5.82 Å². The maximum absolute atomic E-state index is 13.0. The summed E-state index contributed by atoms with van der Waals surface area (Å²) in [5.74, 6) is 0.500. The molecule has 32 heavy (non-hydrogen) atoms. The minimum atomic E-state index is -3.74. The molecule has 1 saturated heterocycles. The average Bonchev–Trinajstić information content (AvgIpc) is 3.38. The molecule has 168 valence electrons. The van der Waals surface area contributed by atoms with Gasteiger partial charge in [0, 0.05) is 38.2 Å². The molecule has 0 atom stereocenters. The fourth-order valence-electron chi connectivity index (χ4n) is 3.30. The van der Waals surface area contributed by atoms with E-state index in [0.29, 0.717) is 19.0 Å². The predicted octanol–water partition coefficient (Wildman–Crippen LogP) is 1.23. The van der Waals surface area contributed by atoms with Crippen LogP contribution in [0.4, 0.5) is 0 Å². The standard InChI is InChI=1S/C21H23N5O5S/c1-30-19-5-4-17(32(28,29)25-9-11-31-12-10-25)13-18(19)21(27)23-15-16-3-6-20(22-14-16)26-8-2-7-24-26/h2-8,13-14H,9-12,15H2,1H3,(H,23,27). The Kier molecular flexibility index (Phi) is 6.49. The van der Waals surface area contributed by atoms with Crippen molar-refractivity contribution in [1.82, 2.24) is 24.4 Å². The van der Waals surface area contributed by atoms with Gasteiger partial charge in [0.15, 0.2) is 5.82 Å². The summed E-state index contributed by atoms with van der Waals surface area (Å²) in [6.45, 7) is 1.45. The smallest absolute Gasteiger partial charge is 0.255 e. The van der Waals surface area contributed by atoms with Crippen LogP contribution >= 0.6 is 0 Å². The monoisotopic (exact) mass is 457 g/mol. The van der Waals surface area contributed by atoms with Crippen LogP contribution in [0.15, 0.2) is 59.9 Å². The van der Waals surface area contributed by atoms with Crippen LogP contribution in [-0.2, 0) is 21.3 Å². The minimum Gasteiger partial charge on any atom is -0.496 e. The fraction of sp³-hybridized carbons (Fsp3) is 0.286. The lowest BCUT2D eigenvalue weighted by atomic mass is 10.2. The van der Waals surface area contributed by atoms with Gasteiger partial charge in [0.25, 0.3) is 5.91 Å². The molecule has 0 radical (unpaired) electrons. The first kappa shape index (κ1) is 21.9. The number of rotatable bonds is 7. The highest BCUT2D eigenvalue weighted by Crippen LogP contribution is 2.25. The van der Waals surface area contributed by atoms with Gasteiger partial charge in [-0.25, -0.2) is 18.1 Å². The Morgan fingerprint density at radius 1 is 1.22 bits per heavy atom. The van der Waals surface area contributed by atoms with Crippen LogP contribution < -0.4 is 10.1 Å². The highest BCUT2D eigenvalue weighted by molar-refractivity contribution is 7.89. The summed E-state index contributed by atoms with van der Waals surface area (Å²) in [5.41, 5.74) is 0.924. The molecule has 4 rings (SSSR count). The lowest BCUT2D eigenvalue weighted by Gasteiger charge is -2.26. The molecule has 10 nitrogen and oxygen atoms in total. The van der Waals surface area contributed by atoms with E-state index in [0.717, 1.165) is 5.56 Å². The number of amides is 1. The first-order chi connectivity index (χ1) is 15.5. The number of hydrogen-bond donors (Lipinski definition) is 1. The van der Waals surface area contributed by atoms with Gasteiger partial charge in [-0.15, -0.1) is 0 Å². The van der Waals surface area contributed by atoms with E-state index in [4.69, 9.17) is 9.47 Å². The number of benzene rings is 1. The summed E-state index contributed by atoms with van der Waals surface area (Å²) < 4.78 is 39.4. The lowest BCUT2D eigenvalue weighted by Crippen LogP contribution is -2.40. The van der Waals surface area contributed by atoms with Gasteiger partial charge in [-0.1, -0.05) is 6.07 Å². The summed E-state index contributed by atoms with van der Waals surface area (Å²) in [6.07, 6.45) is 5.10. The topological polar surface area (TPSA) is 116 Å². The Balaban J connectivity index is 1.49. The number of aromatic nitrogens is 3. The maximum Gasteiger partial charge on any atom is 0.255 e. The van der Waals surface area contributed by atoms with E-state index in [9.17, 15) is 13.2 Å². The molecule has 1 fully saturated rings. The molecule has 0 saturated carbocycles. The molecule has 1 amide bonds. The normalized spacial score (nSPS) is 14.8. The molecule has 1 aliphatic heterocycles. The molecule has 1 aromatic carbocycles. The van der Waals surface area contributed by atoms with E-state index in [1.165, 1.54) is 29.6 Å². The zero-order chi connectivity index (χ0) is 22.6. The molecule has 1 aliphatic rings. The van der Waals surface area contributed by atoms with Crippen LogP contribution in [0, 0.1) is 0 Å². The summed E-state index contributed by atoms with van der Waals surface area (Å²) in [5, 5.41) is 6.91. The van der Waals surface area contributed by atoms with Crippen LogP contribution in [-0.4, -0.2) is 66.8 Å². The molecule has 11 heteroatoms. The summed E-state index contributed by atoms with van der Waals surface area (Å²) in [6, 6.07) is 9.71. The fourth-order valence-corrected chi connectivity index (χ4v) is 4.73. The maximum atomic E-state index is 13.0. The number of hydrogen-bond acceptors (Lipinski definition) is 7. The van der Waals surface area contributed by atoms with Crippen molar-refractivity contribution in [3.63, 3.8) is 0 Å². The quantitative estimate of drug-likeness (QED) is 0.567. The second-order valence-electron chi connectivity index (χ2n) is 7.04. The molecule has 0 spiro atoms. The molecule has 3 heterocycles. The van der Waals surface area contributed by atoms with Crippen molar-refractivity contribution in [3.8, 4) is 11.6 Å². The number of pyridine rings is 1. The Bertz CT molecular complexity index is 1170. The average molecular weight is 458 g/mol. The Morgan fingerprint density at radius 2 is 2.03 bits per heavy atom. The van der Waals surface area contributed by atoms with Crippen LogP contribution in [0.5, 0.6) is 5.75 Å². The predicted molar refractivity (Wildman–Crippen MR) is 115 cm³/mol. The van der Waals surface area contributed by atoms with Crippen molar-refractivity contribution >= 4 is 15.9 Å². The lowest BCUT2D eigenvalue weighted by molar-refractivity contribution is 0.0730. The number of nitrogens with one attached hydrogen (secondary N) is 1. The van der Waals surface area contributed by atoms with Crippen molar-refractivity contribution in [1.29, 1.82) is 0 Å². The zero-order valence-corrected chi connectivity index (χ0v) is 18.3. The minimum absolute atomic E-state index is 0.0376. The molecular weight excluding hydrogens is 434 g/mol. The van der Waals surface area contributed by atoms with E-state index in [1.807, 2.05) is 6.07 Å². The first-order valence-corrected chi connectivity index (χ1v) is 11.4. The van der Waals surface area contributed by atoms with Crippen molar-refractivity contribution in [2.45, 2.75) is 11.4 Å². The highest BCUT2D eigenvalue weighted by Gasteiger charge is 2.28. The van der Waals surface area contributed by atoms with Crippen molar-refractivity contribution < 1.29 is 22.7 Å². The van der Waals surface area contributed by atoms with Gasteiger partial charge >= 0.3 is 0 Å². The van der Waals surface area contributed by atoms with Gasteiger partial charge in [-0.3, -0.25) is 4.79 Å². The van der Waals surface area contributed by atoms with Crippen LogP contribution in [0.3, 0.4) is 0 Å². The third kappa shape index (κ3) is 4.64. The molecular formula is C21H23N5O5S. The van der Waals surface area contributed by atoms with E-state index in [2.05, 4.69) is 15.4 Å².